The Kier molecular flexibility index (Phi) is 5.08. The van der Waals surface area contributed by atoms with Gasteiger partial charge in [0.2, 0.25) is 0 Å². The minimum Gasteiger partial charge on any atom is -0.313 e. The fourth-order valence-electron chi connectivity index (χ4n) is 4.74. The molecule has 138 valence electrons. The zero-order chi connectivity index (χ0) is 17.3. The van der Waals surface area contributed by atoms with Gasteiger partial charge < -0.3 is 5.32 Å². The molecule has 3 aliphatic rings. The van der Waals surface area contributed by atoms with E-state index in [9.17, 15) is 8.42 Å². The SMILES string of the molecule is O=S(=O)(N1CCC2CCCCC2C1)N1CCNCC1c1cccnc1. The Morgan fingerprint density at radius 2 is 1.96 bits per heavy atom. The second kappa shape index (κ2) is 7.31. The molecule has 0 radical (unpaired) electrons. The Hall–Kier alpha value is -1.02. The van der Waals surface area contributed by atoms with Crippen molar-refractivity contribution in [3.8, 4) is 0 Å². The lowest BCUT2D eigenvalue weighted by atomic mass is 9.76. The van der Waals surface area contributed by atoms with Crippen molar-refractivity contribution >= 4 is 10.2 Å². The molecule has 3 heterocycles. The van der Waals surface area contributed by atoms with Gasteiger partial charge in [-0.25, -0.2) is 0 Å². The van der Waals surface area contributed by atoms with E-state index in [2.05, 4.69) is 10.3 Å². The predicted molar refractivity (Wildman–Crippen MR) is 97.1 cm³/mol. The van der Waals surface area contributed by atoms with Crippen molar-refractivity contribution in [2.75, 3.05) is 32.7 Å². The molecule has 4 rings (SSSR count). The molecule has 3 atom stereocenters. The normalized spacial score (nSPS) is 32.2. The maximum atomic E-state index is 13.4. The number of aromatic nitrogens is 1. The van der Waals surface area contributed by atoms with Gasteiger partial charge in [-0.1, -0.05) is 25.3 Å². The van der Waals surface area contributed by atoms with E-state index < -0.39 is 10.2 Å². The lowest BCUT2D eigenvalue weighted by molar-refractivity contribution is 0.127. The minimum absolute atomic E-state index is 0.170. The summed E-state index contributed by atoms with van der Waals surface area (Å²) in [7, 11) is -3.43. The van der Waals surface area contributed by atoms with E-state index >= 15 is 0 Å². The molecule has 1 aliphatic carbocycles. The Morgan fingerprint density at radius 3 is 2.76 bits per heavy atom. The molecular weight excluding hydrogens is 336 g/mol. The number of nitrogens with zero attached hydrogens (tertiary/aromatic N) is 3. The smallest absolute Gasteiger partial charge is 0.282 e. The summed E-state index contributed by atoms with van der Waals surface area (Å²) in [6, 6.07) is 3.68. The number of hydrogen-bond acceptors (Lipinski definition) is 4. The quantitative estimate of drug-likeness (QED) is 0.888. The first-order valence-electron chi connectivity index (χ1n) is 9.54. The van der Waals surface area contributed by atoms with Crippen molar-refractivity contribution in [1.82, 2.24) is 18.9 Å². The maximum absolute atomic E-state index is 13.4. The number of rotatable bonds is 3. The van der Waals surface area contributed by atoms with Crippen LogP contribution in [-0.2, 0) is 10.2 Å². The summed E-state index contributed by atoms with van der Waals surface area (Å²) >= 11 is 0. The molecule has 7 heteroatoms. The molecule has 0 aromatic carbocycles. The highest BCUT2D eigenvalue weighted by atomic mass is 32.2. The van der Waals surface area contributed by atoms with Gasteiger partial charge >= 0.3 is 0 Å². The van der Waals surface area contributed by atoms with Crippen molar-refractivity contribution < 1.29 is 8.42 Å². The zero-order valence-corrected chi connectivity index (χ0v) is 15.5. The van der Waals surface area contributed by atoms with Gasteiger partial charge in [0.25, 0.3) is 10.2 Å². The van der Waals surface area contributed by atoms with Crippen LogP contribution in [0.25, 0.3) is 0 Å². The summed E-state index contributed by atoms with van der Waals surface area (Å²) < 4.78 is 30.3. The summed E-state index contributed by atoms with van der Waals surface area (Å²) in [5.41, 5.74) is 0.964. The van der Waals surface area contributed by atoms with Crippen LogP contribution in [0.3, 0.4) is 0 Å². The summed E-state index contributed by atoms with van der Waals surface area (Å²) in [5.74, 6) is 1.29. The number of piperazine rings is 1. The lowest BCUT2D eigenvalue weighted by Gasteiger charge is -2.44. The van der Waals surface area contributed by atoms with Crippen LogP contribution in [0.1, 0.15) is 43.7 Å². The molecule has 1 saturated carbocycles. The van der Waals surface area contributed by atoms with Crippen LogP contribution in [0.5, 0.6) is 0 Å². The lowest BCUT2D eigenvalue weighted by Crippen LogP contribution is -2.56. The average Bonchev–Trinajstić information content (AvgIpc) is 2.68. The van der Waals surface area contributed by atoms with Gasteiger partial charge in [0.15, 0.2) is 0 Å². The predicted octanol–water partition coefficient (Wildman–Crippen LogP) is 1.78. The fraction of sp³-hybridized carbons (Fsp3) is 0.722. The number of fused-ring (bicyclic) bond motifs is 1. The van der Waals surface area contributed by atoms with Gasteiger partial charge in [-0.2, -0.15) is 17.0 Å². The van der Waals surface area contributed by atoms with Crippen LogP contribution >= 0.6 is 0 Å². The van der Waals surface area contributed by atoms with E-state index in [0.717, 1.165) is 17.9 Å². The first-order chi connectivity index (χ1) is 12.2. The van der Waals surface area contributed by atoms with E-state index in [1.807, 2.05) is 12.1 Å². The molecule has 0 bridgehead atoms. The number of nitrogens with one attached hydrogen (secondary N) is 1. The zero-order valence-electron chi connectivity index (χ0n) is 14.7. The van der Waals surface area contributed by atoms with E-state index in [0.29, 0.717) is 38.6 Å². The number of piperidine rings is 1. The van der Waals surface area contributed by atoms with Crippen molar-refractivity contribution in [2.24, 2.45) is 11.8 Å². The third kappa shape index (κ3) is 3.47. The molecule has 6 nitrogen and oxygen atoms in total. The first kappa shape index (κ1) is 17.4. The molecule has 3 fully saturated rings. The van der Waals surface area contributed by atoms with E-state index in [1.165, 1.54) is 25.7 Å². The topological polar surface area (TPSA) is 65.5 Å². The Labute approximate surface area is 150 Å². The average molecular weight is 365 g/mol. The van der Waals surface area contributed by atoms with E-state index in [1.54, 1.807) is 21.0 Å². The van der Waals surface area contributed by atoms with Gasteiger partial charge in [-0.05, 0) is 36.3 Å². The van der Waals surface area contributed by atoms with Gasteiger partial charge in [-0.3, -0.25) is 4.98 Å². The number of pyridine rings is 1. The Morgan fingerprint density at radius 1 is 1.12 bits per heavy atom. The Bertz CT molecular complexity index is 682. The van der Waals surface area contributed by atoms with Gasteiger partial charge in [-0.15, -0.1) is 0 Å². The molecular formula is C18H28N4O2S. The van der Waals surface area contributed by atoms with Gasteiger partial charge in [0.05, 0.1) is 6.04 Å². The van der Waals surface area contributed by atoms with Crippen molar-refractivity contribution in [2.45, 2.75) is 38.1 Å². The van der Waals surface area contributed by atoms with E-state index in [4.69, 9.17) is 0 Å². The third-order valence-corrected chi connectivity index (χ3v) is 8.15. The molecule has 2 saturated heterocycles. The van der Waals surface area contributed by atoms with Crippen LogP contribution < -0.4 is 5.32 Å². The minimum atomic E-state index is -3.43. The standard InChI is InChI=1S/C18H28N4O2S/c23-25(24,21-10-7-15-4-1-2-5-17(15)14-21)22-11-9-20-13-18(22)16-6-3-8-19-12-16/h3,6,8,12,15,17-18,20H,1-2,4-5,7,9-11,13-14H2. The monoisotopic (exact) mass is 364 g/mol. The molecule has 0 amide bonds. The van der Waals surface area contributed by atoms with Crippen LogP contribution in [-0.4, -0.2) is 54.7 Å². The largest absolute Gasteiger partial charge is 0.313 e. The maximum Gasteiger partial charge on any atom is 0.282 e. The van der Waals surface area contributed by atoms with Crippen LogP contribution in [0.4, 0.5) is 0 Å². The highest BCUT2D eigenvalue weighted by Crippen LogP contribution is 2.38. The fourth-order valence-corrected chi connectivity index (χ4v) is 6.60. The molecule has 0 spiro atoms. The Balaban J connectivity index is 1.55. The molecule has 3 unspecified atom stereocenters. The van der Waals surface area contributed by atoms with Gasteiger partial charge in [0.1, 0.15) is 0 Å². The third-order valence-electron chi connectivity index (χ3n) is 6.14. The van der Waals surface area contributed by atoms with Crippen molar-refractivity contribution in [1.29, 1.82) is 0 Å². The summed E-state index contributed by atoms with van der Waals surface area (Å²) in [6.07, 6.45) is 9.57. The van der Waals surface area contributed by atoms with Gasteiger partial charge in [0, 0.05) is 45.1 Å². The molecule has 1 N–H and O–H groups in total. The summed E-state index contributed by atoms with van der Waals surface area (Å²) in [5, 5.41) is 3.33. The first-order valence-corrected chi connectivity index (χ1v) is 10.9. The summed E-state index contributed by atoms with van der Waals surface area (Å²) in [4.78, 5) is 4.18. The van der Waals surface area contributed by atoms with Crippen LogP contribution in [0, 0.1) is 11.8 Å². The molecule has 2 aliphatic heterocycles. The van der Waals surface area contributed by atoms with Crippen molar-refractivity contribution in [3.05, 3.63) is 30.1 Å². The molecule has 1 aromatic heterocycles. The highest BCUT2D eigenvalue weighted by molar-refractivity contribution is 7.86. The second-order valence-corrected chi connectivity index (χ2v) is 9.46. The summed E-state index contributed by atoms with van der Waals surface area (Å²) in [6.45, 7) is 3.25. The highest BCUT2D eigenvalue weighted by Gasteiger charge is 2.41. The van der Waals surface area contributed by atoms with Crippen LogP contribution in [0.15, 0.2) is 24.5 Å². The van der Waals surface area contributed by atoms with E-state index in [-0.39, 0.29) is 6.04 Å². The van der Waals surface area contributed by atoms with Crippen LogP contribution in [0.2, 0.25) is 0 Å². The van der Waals surface area contributed by atoms with Crippen molar-refractivity contribution in [3.63, 3.8) is 0 Å². The second-order valence-electron chi connectivity index (χ2n) is 7.58. The molecule has 25 heavy (non-hydrogen) atoms. The number of hydrogen-bond donors (Lipinski definition) is 1. The molecule has 1 aromatic rings.